The van der Waals surface area contributed by atoms with Gasteiger partial charge in [0.15, 0.2) is 0 Å². The maximum absolute atomic E-state index is 12.7. The number of hydrogen-bond donors (Lipinski definition) is 1. The van der Waals surface area contributed by atoms with E-state index in [-0.39, 0.29) is 5.91 Å². The first kappa shape index (κ1) is 19.4. The van der Waals surface area contributed by atoms with Crippen LogP contribution >= 0.6 is 11.3 Å². The molecule has 0 aliphatic carbocycles. The van der Waals surface area contributed by atoms with Gasteiger partial charge in [0.05, 0.1) is 6.61 Å². The zero-order chi connectivity index (χ0) is 20.1. The van der Waals surface area contributed by atoms with Crippen molar-refractivity contribution in [2.75, 3.05) is 24.6 Å². The van der Waals surface area contributed by atoms with Gasteiger partial charge in [-0.1, -0.05) is 23.5 Å². The van der Waals surface area contributed by atoms with Crippen molar-refractivity contribution in [3.8, 4) is 10.9 Å². The summed E-state index contributed by atoms with van der Waals surface area (Å²) in [5, 5.41) is 13.3. The Morgan fingerprint density at radius 1 is 1.10 bits per heavy atom. The van der Waals surface area contributed by atoms with Gasteiger partial charge in [0.2, 0.25) is 10.3 Å². The van der Waals surface area contributed by atoms with Crippen LogP contribution in [0.4, 0.5) is 5.13 Å². The van der Waals surface area contributed by atoms with Crippen LogP contribution in [0.5, 0.6) is 5.75 Å². The molecule has 29 heavy (non-hydrogen) atoms. The Morgan fingerprint density at radius 3 is 2.62 bits per heavy atom. The average Bonchev–Trinajstić information content (AvgIpc) is 3.43. The van der Waals surface area contributed by atoms with E-state index in [1.165, 1.54) is 30.6 Å². The van der Waals surface area contributed by atoms with E-state index in [1.807, 2.05) is 43.5 Å². The largest absolute Gasteiger partial charge is 0.494 e. The number of rotatable bonds is 7. The summed E-state index contributed by atoms with van der Waals surface area (Å²) in [7, 11) is 0. The highest BCUT2D eigenvalue weighted by Gasteiger charge is 2.19. The van der Waals surface area contributed by atoms with Crippen molar-refractivity contribution in [2.45, 2.75) is 32.7 Å². The second-order valence-electron chi connectivity index (χ2n) is 6.94. The molecule has 0 unspecified atom stereocenters. The summed E-state index contributed by atoms with van der Waals surface area (Å²) in [5.41, 5.74) is 1.57. The van der Waals surface area contributed by atoms with Crippen LogP contribution in [0.15, 0.2) is 42.6 Å². The highest BCUT2D eigenvalue weighted by Crippen LogP contribution is 2.26. The Kier molecular flexibility index (Phi) is 6.09. The highest BCUT2D eigenvalue weighted by molar-refractivity contribution is 7.17. The van der Waals surface area contributed by atoms with Gasteiger partial charge in [-0.05, 0) is 56.0 Å². The molecule has 1 amide bonds. The van der Waals surface area contributed by atoms with E-state index in [4.69, 9.17) is 4.74 Å². The summed E-state index contributed by atoms with van der Waals surface area (Å²) in [6, 6.07) is 11.4. The molecule has 3 aromatic rings. The lowest BCUT2D eigenvalue weighted by Crippen LogP contribution is -2.29. The Balaban J connectivity index is 1.42. The molecule has 8 heteroatoms. The predicted octanol–water partition coefficient (Wildman–Crippen LogP) is 3.65. The molecule has 1 fully saturated rings. The van der Waals surface area contributed by atoms with Gasteiger partial charge in [-0.2, -0.15) is 0 Å². The molecular weight excluding hydrogens is 386 g/mol. The van der Waals surface area contributed by atoms with Gasteiger partial charge in [0.25, 0.3) is 5.91 Å². The first-order valence-corrected chi connectivity index (χ1v) is 10.8. The van der Waals surface area contributed by atoms with Crippen LogP contribution in [-0.2, 0) is 6.54 Å². The molecular formula is C21H25N5O2S. The molecule has 1 saturated heterocycles. The summed E-state index contributed by atoms with van der Waals surface area (Å²) in [6.45, 7) is 5.09. The monoisotopic (exact) mass is 411 g/mol. The smallest absolute Gasteiger partial charge is 0.268 e. The molecule has 4 rings (SSSR count). The van der Waals surface area contributed by atoms with Crippen LogP contribution < -0.4 is 15.0 Å². The minimum absolute atomic E-state index is 0.140. The molecule has 0 bridgehead atoms. The lowest BCUT2D eigenvalue weighted by atomic mass is 10.1. The third-order valence-corrected chi connectivity index (χ3v) is 5.89. The average molecular weight is 412 g/mol. The summed E-state index contributed by atoms with van der Waals surface area (Å²) in [5.74, 6) is 0.691. The first-order valence-electron chi connectivity index (χ1n) is 10.0. The fraction of sp³-hybridized carbons (Fsp3) is 0.381. The second kappa shape index (κ2) is 9.09. The minimum Gasteiger partial charge on any atom is -0.494 e. The number of carbonyl (C=O) groups excluding carboxylic acids is 1. The number of aromatic nitrogens is 3. The number of hydrogen-bond acceptors (Lipinski definition) is 6. The van der Waals surface area contributed by atoms with E-state index in [1.54, 1.807) is 10.6 Å². The fourth-order valence-corrected chi connectivity index (χ4v) is 4.29. The van der Waals surface area contributed by atoms with Crippen LogP contribution in [0.1, 0.15) is 42.2 Å². The number of amides is 1. The van der Waals surface area contributed by atoms with Crippen molar-refractivity contribution in [1.82, 2.24) is 20.1 Å². The van der Waals surface area contributed by atoms with Crippen molar-refractivity contribution in [3.63, 3.8) is 0 Å². The number of nitrogens with one attached hydrogen (secondary N) is 1. The lowest BCUT2D eigenvalue weighted by molar-refractivity contribution is 0.0944. The Labute approximate surface area is 174 Å². The second-order valence-corrected chi connectivity index (χ2v) is 7.87. The molecule has 0 spiro atoms. The van der Waals surface area contributed by atoms with Gasteiger partial charge < -0.3 is 15.0 Å². The van der Waals surface area contributed by atoms with Crippen molar-refractivity contribution in [1.29, 1.82) is 0 Å². The molecule has 0 atom stereocenters. The number of ether oxygens (including phenoxy) is 1. The summed E-state index contributed by atoms with van der Waals surface area (Å²) in [4.78, 5) is 15.0. The van der Waals surface area contributed by atoms with E-state index in [0.717, 1.165) is 29.5 Å². The standard InChI is InChI=1S/C21H25N5O2S/c1-2-28-17-10-8-16(9-11-17)15-22-19(27)18-7-6-14-26(18)21-24-23-20(29-21)25-12-4-3-5-13-25/h6-11,14H,2-5,12-13,15H2,1H3,(H,22,27). The van der Waals surface area contributed by atoms with E-state index in [0.29, 0.717) is 24.0 Å². The van der Waals surface area contributed by atoms with Crippen LogP contribution in [0.2, 0.25) is 0 Å². The van der Waals surface area contributed by atoms with Crippen molar-refractivity contribution in [2.24, 2.45) is 0 Å². The summed E-state index contributed by atoms with van der Waals surface area (Å²) in [6.07, 6.45) is 5.51. The number of benzene rings is 1. The predicted molar refractivity (Wildman–Crippen MR) is 114 cm³/mol. The number of nitrogens with zero attached hydrogens (tertiary/aromatic N) is 4. The third-order valence-electron chi connectivity index (χ3n) is 4.91. The molecule has 1 aromatic carbocycles. The zero-order valence-electron chi connectivity index (χ0n) is 16.5. The SMILES string of the molecule is CCOc1ccc(CNC(=O)c2cccn2-c2nnc(N3CCCCC3)s2)cc1. The number of carbonyl (C=O) groups is 1. The van der Waals surface area contributed by atoms with Gasteiger partial charge >= 0.3 is 0 Å². The van der Waals surface area contributed by atoms with Gasteiger partial charge in [0.1, 0.15) is 11.4 Å². The topological polar surface area (TPSA) is 72.3 Å². The molecule has 152 valence electrons. The van der Waals surface area contributed by atoms with Crippen LogP contribution in [-0.4, -0.2) is 40.4 Å². The molecule has 1 aliphatic heterocycles. The summed E-state index contributed by atoms with van der Waals surface area (Å²) >= 11 is 1.52. The van der Waals surface area contributed by atoms with Crippen LogP contribution in [0, 0.1) is 0 Å². The molecule has 2 aromatic heterocycles. The van der Waals surface area contributed by atoms with Gasteiger partial charge in [-0.25, -0.2) is 0 Å². The highest BCUT2D eigenvalue weighted by atomic mass is 32.1. The molecule has 3 heterocycles. The number of piperidine rings is 1. The zero-order valence-corrected chi connectivity index (χ0v) is 17.3. The maximum atomic E-state index is 12.7. The van der Waals surface area contributed by atoms with Crippen LogP contribution in [0.25, 0.3) is 5.13 Å². The minimum atomic E-state index is -0.140. The Hall–Kier alpha value is -2.87. The molecule has 0 radical (unpaired) electrons. The van der Waals surface area contributed by atoms with Gasteiger partial charge in [0, 0.05) is 25.8 Å². The molecule has 1 N–H and O–H groups in total. The Morgan fingerprint density at radius 2 is 1.86 bits per heavy atom. The molecule has 1 aliphatic rings. The Bertz CT molecular complexity index is 944. The van der Waals surface area contributed by atoms with Crippen LogP contribution in [0.3, 0.4) is 0 Å². The third kappa shape index (κ3) is 4.59. The first-order chi connectivity index (χ1) is 14.2. The van der Waals surface area contributed by atoms with Crippen molar-refractivity contribution in [3.05, 3.63) is 53.9 Å². The normalized spacial score (nSPS) is 14.0. The van der Waals surface area contributed by atoms with Gasteiger partial charge in [-0.15, -0.1) is 10.2 Å². The van der Waals surface area contributed by atoms with Crippen molar-refractivity contribution < 1.29 is 9.53 Å². The van der Waals surface area contributed by atoms with E-state index in [2.05, 4.69) is 20.4 Å². The maximum Gasteiger partial charge on any atom is 0.268 e. The quantitative estimate of drug-likeness (QED) is 0.643. The van der Waals surface area contributed by atoms with Gasteiger partial charge in [-0.3, -0.25) is 9.36 Å². The van der Waals surface area contributed by atoms with E-state index >= 15 is 0 Å². The summed E-state index contributed by atoms with van der Waals surface area (Å²) < 4.78 is 7.25. The fourth-order valence-electron chi connectivity index (χ4n) is 3.39. The van der Waals surface area contributed by atoms with E-state index in [9.17, 15) is 4.79 Å². The molecule has 7 nitrogen and oxygen atoms in total. The van der Waals surface area contributed by atoms with Crippen molar-refractivity contribution >= 4 is 22.4 Å². The van der Waals surface area contributed by atoms with E-state index < -0.39 is 0 Å². The number of anilines is 1. The lowest BCUT2D eigenvalue weighted by Gasteiger charge is -2.25. The molecule has 0 saturated carbocycles.